The lowest BCUT2D eigenvalue weighted by molar-refractivity contribution is 0.671. The van der Waals surface area contributed by atoms with Crippen LogP contribution in [0.25, 0.3) is 0 Å². The Morgan fingerprint density at radius 1 is 1.50 bits per heavy atom. The third-order valence-corrected chi connectivity index (χ3v) is 1.05. The maximum absolute atomic E-state index is 12.0. The smallest absolute Gasteiger partial charge is 0.116 e. The Kier molecular flexibility index (Phi) is 4.55. The van der Waals surface area contributed by atoms with E-state index in [4.69, 9.17) is 0 Å². The molecule has 0 amide bonds. The number of halogens is 1. The Morgan fingerprint density at radius 3 is 2.50 bits per heavy atom. The van der Waals surface area contributed by atoms with Gasteiger partial charge < -0.3 is 0 Å². The van der Waals surface area contributed by atoms with Crippen LogP contribution in [0, 0.1) is 0 Å². The van der Waals surface area contributed by atoms with Crippen LogP contribution in [-0.4, -0.2) is 0 Å². The van der Waals surface area contributed by atoms with Crippen molar-refractivity contribution in [2.45, 2.75) is 20.3 Å². The molecule has 10 heavy (non-hydrogen) atoms. The molecule has 0 fully saturated rings. The van der Waals surface area contributed by atoms with Crippen LogP contribution in [0.4, 0.5) is 4.39 Å². The molecule has 0 aromatic rings. The van der Waals surface area contributed by atoms with E-state index >= 15 is 0 Å². The summed E-state index contributed by atoms with van der Waals surface area (Å²) in [4.78, 5) is 0. The Bertz CT molecular complexity index is 164. The SMILES string of the molecule is C=C(F)/C=C\C(C)=CCC. The van der Waals surface area contributed by atoms with E-state index in [9.17, 15) is 4.39 Å². The predicted octanol–water partition coefficient (Wildman–Crippen LogP) is 3.38. The monoisotopic (exact) mass is 140 g/mol. The van der Waals surface area contributed by atoms with Gasteiger partial charge in [-0.15, -0.1) is 0 Å². The minimum absolute atomic E-state index is 0.399. The highest BCUT2D eigenvalue weighted by Gasteiger charge is 1.80. The van der Waals surface area contributed by atoms with Crippen molar-refractivity contribution >= 4 is 0 Å². The van der Waals surface area contributed by atoms with Crippen molar-refractivity contribution in [3.8, 4) is 0 Å². The predicted molar refractivity (Wildman–Crippen MR) is 43.4 cm³/mol. The summed E-state index contributed by atoms with van der Waals surface area (Å²) in [5, 5.41) is 0. The minimum atomic E-state index is -0.399. The van der Waals surface area contributed by atoms with E-state index in [0.29, 0.717) is 0 Å². The van der Waals surface area contributed by atoms with E-state index in [1.54, 1.807) is 6.08 Å². The highest BCUT2D eigenvalue weighted by molar-refractivity contribution is 5.21. The van der Waals surface area contributed by atoms with E-state index in [-0.39, 0.29) is 0 Å². The molecule has 1 heteroatoms. The van der Waals surface area contributed by atoms with Gasteiger partial charge in [0.2, 0.25) is 0 Å². The summed E-state index contributed by atoms with van der Waals surface area (Å²) >= 11 is 0. The van der Waals surface area contributed by atoms with Crippen LogP contribution in [0.5, 0.6) is 0 Å². The van der Waals surface area contributed by atoms with Gasteiger partial charge in [-0.3, -0.25) is 0 Å². The van der Waals surface area contributed by atoms with Crippen LogP contribution in [-0.2, 0) is 0 Å². The van der Waals surface area contributed by atoms with Crippen molar-refractivity contribution in [3.63, 3.8) is 0 Å². The second-order valence-electron chi connectivity index (χ2n) is 2.14. The first kappa shape index (κ1) is 9.15. The standard InChI is InChI=1S/C9H13F/c1-4-5-8(2)6-7-9(3)10/h5-7H,3-4H2,1-2H3/b7-6-,8-5?. The largest absolute Gasteiger partial charge is 0.208 e. The third kappa shape index (κ3) is 5.29. The molecule has 0 N–H and O–H groups in total. The molecule has 0 radical (unpaired) electrons. The second kappa shape index (κ2) is 4.98. The minimum Gasteiger partial charge on any atom is -0.208 e. The molecule has 0 aromatic carbocycles. The molecule has 56 valence electrons. The summed E-state index contributed by atoms with van der Waals surface area (Å²) in [7, 11) is 0. The molecule has 0 aliphatic rings. The fourth-order valence-corrected chi connectivity index (χ4v) is 0.612. The second-order valence-corrected chi connectivity index (χ2v) is 2.14. The lowest BCUT2D eigenvalue weighted by atomic mass is 10.2. The van der Waals surface area contributed by atoms with Crippen LogP contribution in [0.1, 0.15) is 20.3 Å². The van der Waals surface area contributed by atoms with Crippen LogP contribution < -0.4 is 0 Å². The summed E-state index contributed by atoms with van der Waals surface area (Å²) in [6.07, 6.45) is 6.09. The van der Waals surface area contributed by atoms with E-state index in [0.717, 1.165) is 12.0 Å². The lowest BCUT2D eigenvalue weighted by Crippen LogP contribution is -1.67. The molecule has 0 saturated heterocycles. The molecule has 0 aliphatic heterocycles. The maximum Gasteiger partial charge on any atom is 0.116 e. The molecule has 0 aliphatic carbocycles. The Labute approximate surface area is 61.8 Å². The zero-order valence-corrected chi connectivity index (χ0v) is 6.52. The first-order valence-corrected chi connectivity index (χ1v) is 3.36. The van der Waals surface area contributed by atoms with Crippen molar-refractivity contribution in [2.24, 2.45) is 0 Å². The molecule has 0 nitrogen and oxygen atoms in total. The quantitative estimate of drug-likeness (QED) is 0.527. The fraction of sp³-hybridized carbons (Fsp3) is 0.333. The van der Waals surface area contributed by atoms with Gasteiger partial charge in [0.15, 0.2) is 0 Å². The van der Waals surface area contributed by atoms with Crippen molar-refractivity contribution in [2.75, 3.05) is 0 Å². The van der Waals surface area contributed by atoms with E-state index < -0.39 is 5.83 Å². The van der Waals surface area contributed by atoms with Crippen molar-refractivity contribution in [1.29, 1.82) is 0 Å². The van der Waals surface area contributed by atoms with Gasteiger partial charge in [0.1, 0.15) is 5.83 Å². The van der Waals surface area contributed by atoms with Crippen molar-refractivity contribution in [3.05, 3.63) is 36.2 Å². The van der Waals surface area contributed by atoms with Gasteiger partial charge in [-0.2, -0.15) is 0 Å². The molecule has 0 spiro atoms. The van der Waals surface area contributed by atoms with Gasteiger partial charge in [0.25, 0.3) is 0 Å². The molecular formula is C9H13F. The molecular weight excluding hydrogens is 127 g/mol. The molecule has 0 saturated carbocycles. The first-order valence-electron chi connectivity index (χ1n) is 3.36. The van der Waals surface area contributed by atoms with Crippen molar-refractivity contribution < 1.29 is 4.39 Å². The van der Waals surface area contributed by atoms with Crippen LogP contribution in [0.15, 0.2) is 36.2 Å². The normalized spacial score (nSPS) is 12.5. The van der Waals surface area contributed by atoms with Crippen LogP contribution in [0.2, 0.25) is 0 Å². The van der Waals surface area contributed by atoms with Gasteiger partial charge >= 0.3 is 0 Å². The number of hydrogen-bond acceptors (Lipinski definition) is 0. The van der Waals surface area contributed by atoms with E-state index in [1.165, 1.54) is 6.08 Å². The summed E-state index contributed by atoms with van der Waals surface area (Å²) in [5.41, 5.74) is 1.07. The topological polar surface area (TPSA) is 0 Å². The summed E-state index contributed by atoms with van der Waals surface area (Å²) in [5.74, 6) is -0.399. The van der Waals surface area contributed by atoms with Crippen LogP contribution >= 0.6 is 0 Å². The van der Waals surface area contributed by atoms with Gasteiger partial charge in [0, 0.05) is 0 Å². The number of hydrogen-bond donors (Lipinski definition) is 0. The van der Waals surface area contributed by atoms with Gasteiger partial charge in [-0.05, 0) is 19.4 Å². The van der Waals surface area contributed by atoms with E-state index in [1.807, 2.05) is 19.9 Å². The number of allylic oxidation sites excluding steroid dienone is 5. The van der Waals surface area contributed by atoms with Crippen molar-refractivity contribution in [1.82, 2.24) is 0 Å². The molecule has 0 unspecified atom stereocenters. The van der Waals surface area contributed by atoms with Crippen LogP contribution in [0.3, 0.4) is 0 Å². The van der Waals surface area contributed by atoms with Gasteiger partial charge in [-0.25, -0.2) is 4.39 Å². The average molecular weight is 140 g/mol. The molecule has 0 heterocycles. The average Bonchev–Trinajstić information content (AvgIpc) is 1.85. The molecule has 0 rings (SSSR count). The zero-order valence-electron chi connectivity index (χ0n) is 6.52. The molecule has 0 bridgehead atoms. The Balaban J connectivity index is 3.89. The fourth-order valence-electron chi connectivity index (χ4n) is 0.612. The van der Waals surface area contributed by atoms with Gasteiger partial charge in [0.05, 0.1) is 0 Å². The molecule has 0 aromatic heterocycles. The molecule has 0 atom stereocenters. The maximum atomic E-state index is 12.0. The third-order valence-electron chi connectivity index (χ3n) is 1.05. The first-order chi connectivity index (χ1) is 4.66. The summed E-state index contributed by atoms with van der Waals surface area (Å²) < 4.78 is 12.0. The van der Waals surface area contributed by atoms with Gasteiger partial charge in [-0.1, -0.05) is 31.2 Å². The summed E-state index contributed by atoms with van der Waals surface area (Å²) in [6.45, 7) is 7.08. The Morgan fingerprint density at radius 2 is 2.10 bits per heavy atom. The zero-order chi connectivity index (χ0) is 7.98. The highest BCUT2D eigenvalue weighted by Crippen LogP contribution is 2.00. The lowest BCUT2D eigenvalue weighted by Gasteiger charge is -1.87. The van der Waals surface area contributed by atoms with E-state index in [2.05, 4.69) is 6.58 Å². The highest BCUT2D eigenvalue weighted by atomic mass is 19.1. The number of rotatable bonds is 3. The Hall–Kier alpha value is -0.850. The summed E-state index contributed by atoms with van der Waals surface area (Å²) in [6, 6.07) is 0.